The molecule has 2 aromatic rings. The molecule has 118 valence electrons. The lowest BCUT2D eigenvalue weighted by molar-refractivity contribution is 0.174. The first-order valence-electron chi connectivity index (χ1n) is 7.16. The van der Waals surface area contributed by atoms with Crippen molar-refractivity contribution in [3.05, 3.63) is 62.5 Å². The molecule has 0 saturated heterocycles. The molecule has 0 amide bonds. The Balaban J connectivity index is 1.99. The van der Waals surface area contributed by atoms with Gasteiger partial charge in [-0.15, -0.1) is 0 Å². The fraction of sp³-hybridized carbons (Fsp3) is 0.294. The molecule has 0 aliphatic heterocycles. The van der Waals surface area contributed by atoms with E-state index in [4.69, 9.17) is 4.74 Å². The lowest BCUT2D eigenvalue weighted by Crippen LogP contribution is -2.21. The number of rotatable bonds is 7. The zero-order chi connectivity index (χ0) is 15.9. The van der Waals surface area contributed by atoms with Crippen molar-refractivity contribution >= 4 is 31.9 Å². The molecule has 0 bridgehead atoms. The van der Waals surface area contributed by atoms with Crippen molar-refractivity contribution in [2.45, 2.75) is 19.6 Å². The maximum absolute atomic E-state index is 10.2. The van der Waals surface area contributed by atoms with Crippen LogP contribution >= 0.6 is 31.9 Å². The van der Waals surface area contributed by atoms with Gasteiger partial charge in [0.1, 0.15) is 5.75 Å². The van der Waals surface area contributed by atoms with Gasteiger partial charge >= 0.3 is 0 Å². The molecule has 0 fully saturated rings. The smallest absolute Gasteiger partial charge is 0.138 e. The second-order valence-electron chi connectivity index (χ2n) is 4.87. The molecule has 5 heteroatoms. The van der Waals surface area contributed by atoms with E-state index in [1.54, 1.807) is 0 Å². The Hall–Kier alpha value is -0.880. The fourth-order valence-electron chi connectivity index (χ4n) is 2.19. The van der Waals surface area contributed by atoms with Crippen molar-refractivity contribution < 1.29 is 9.84 Å². The second-order valence-corrected chi connectivity index (χ2v) is 6.64. The van der Waals surface area contributed by atoms with Crippen molar-refractivity contribution in [2.24, 2.45) is 0 Å². The van der Waals surface area contributed by atoms with Crippen molar-refractivity contribution in [1.82, 2.24) is 5.32 Å². The van der Waals surface area contributed by atoms with E-state index in [1.165, 1.54) is 0 Å². The highest BCUT2D eigenvalue weighted by Crippen LogP contribution is 2.33. The third-order valence-electron chi connectivity index (χ3n) is 3.21. The van der Waals surface area contributed by atoms with Crippen LogP contribution in [0.5, 0.6) is 5.75 Å². The fourth-order valence-corrected chi connectivity index (χ4v) is 3.62. The number of aliphatic hydroxyl groups is 1. The van der Waals surface area contributed by atoms with Gasteiger partial charge in [-0.3, -0.25) is 0 Å². The van der Waals surface area contributed by atoms with Crippen LogP contribution in [-0.4, -0.2) is 18.3 Å². The number of hydrogen-bond acceptors (Lipinski definition) is 3. The summed E-state index contributed by atoms with van der Waals surface area (Å²) in [6.07, 6.45) is -0.521. The molecule has 0 aromatic heterocycles. The van der Waals surface area contributed by atoms with Crippen LogP contribution in [0.3, 0.4) is 0 Å². The van der Waals surface area contributed by atoms with E-state index in [9.17, 15) is 5.11 Å². The molecule has 0 saturated carbocycles. The number of ether oxygens (including phenoxy) is 1. The molecule has 2 rings (SSSR count). The van der Waals surface area contributed by atoms with E-state index in [-0.39, 0.29) is 0 Å². The summed E-state index contributed by atoms with van der Waals surface area (Å²) < 4.78 is 7.60. The average Bonchev–Trinajstić information content (AvgIpc) is 2.51. The van der Waals surface area contributed by atoms with Gasteiger partial charge in [0.15, 0.2) is 0 Å². The van der Waals surface area contributed by atoms with E-state index < -0.39 is 6.10 Å². The largest absolute Gasteiger partial charge is 0.492 e. The van der Waals surface area contributed by atoms with Crippen LogP contribution in [-0.2, 0) is 6.54 Å². The zero-order valence-electron chi connectivity index (χ0n) is 12.4. The van der Waals surface area contributed by atoms with E-state index in [2.05, 4.69) is 37.2 Å². The Labute approximate surface area is 148 Å². The molecular weight excluding hydrogens is 410 g/mol. The average molecular weight is 429 g/mol. The third kappa shape index (κ3) is 4.81. The van der Waals surface area contributed by atoms with E-state index >= 15 is 0 Å². The standard InChI is InChI=1S/C17H19Br2NO2/c1-2-22-17-13(8-14(18)9-15(17)19)10-20-11-16(21)12-6-4-3-5-7-12/h3-9,16,20-21H,2,10-11H2,1H3/t16-/m1/s1. The van der Waals surface area contributed by atoms with Gasteiger partial charge in [-0.2, -0.15) is 0 Å². The summed E-state index contributed by atoms with van der Waals surface area (Å²) in [7, 11) is 0. The Morgan fingerprint density at radius 1 is 1.18 bits per heavy atom. The minimum Gasteiger partial charge on any atom is -0.492 e. The maximum atomic E-state index is 10.2. The van der Waals surface area contributed by atoms with Gasteiger partial charge < -0.3 is 15.2 Å². The third-order valence-corrected chi connectivity index (χ3v) is 4.26. The number of hydrogen-bond donors (Lipinski definition) is 2. The second kappa shape index (κ2) is 8.67. The van der Waals surface area contributed by atoms with Gasteiger partial charge in [0.2, 0.25) is 0 Å². The van der Waals surface area contributed by atoms with Gasteiger partial charge in [0.25, 0.3) is 0 Å². The van der Waals surface area contributed by atoms with Gasteiger partial charge in [-0.05, 0) is 40.5 Å². The minimum atomic E-state index is -0.521. The van der Waals surface area contributed by atoms with E-state index in [1.807, 2.05) is 49.4 Å². The van der Waals surface area contributed by atoms with Crippen LogP contribution in [0.25, 0.3) is 0 Å². The highest BCUT2D eigenvalue weighted by molar-refractivity contribution is 9.11. The molecule has 0 heterocycles. The Morgan fingerprint density at radius 2 is 1.91 bits per heavy atom. The normalized spacial score (nSPS) is 12.2. The zero-order valence-corrected chi connectivity index (χ0v) is 15.5. The molecule has 0 aliphatic carbocycles. The van der Waals surface area contributed by atoms with Crippen molar-refractivity contribution in [3.8, 4) is 5.75 Å². The highest BCUT2D eigenvalue weighted by Gasteiger charge is 2.11. The molecule has 2 aromatic carbocycles. The molecule has 1 atom stereocenters. The SMILES string of the molecule is CCOc1c(Br)cc(Br)cc1CNC[C@@H](O)c1ccccc1. The first kappa shape index (κ1) is 17.5. The minimum absolute atomic E-state index is 0.486. The molecule has 0 unspecified atom stereocenters. The summed E-state index contributed by atoms with van der Waals surface area (Å²) in [5.74, 6) is 0.840. The van der Waals surface area contributed by atoms with Crippen LogP contribution in [0.15, 0.2) is 51.4 Å². The monoisotopic (exact) mass is 427 g/mol. The van der Waals surface area contributed by atoms with Crippen LogP contribution in [0.1, 0.15) is 24.2 Å². The predicted molar refractivity (Wildman–Crippen MR) is 96.1 cm³/mol. The number of nitrogens with one attached hydrogen (secondary N) is 1. The topological polar surface area (TPSA) is 41.5 Å². The van der Waals surface area contributed by atoms with Crippen molar-refractivity contribution in [1.29, 1.82) is 0 Å². The van der Waals surface area contributed by atoms with E-state index in [0.717, 1.165) is 25.8 Å². The quantitative estimate of drug-likeness (QED) is 0.685. The lowest BCUT2D eigenvalue weighted by atomic mass is 10.1. The van der Waals surface area contributed by atoms with Gasteiger partial charge in [-0.1, -0.05) is 46.3 Å². The summed E-state index contributed by atoms with van der Waals surface area (Å²) in [6.45, 7) is 3.68. The van der Waals surface area contributed by atoms with Gasteiger partial charge in [-0.25, -0.2) is 0 Å². The first-order chi connectivity index (χ1) is 10.6. The van der Waals surface area contributed by atoms with Crippen LogP contribution < -0.4 is 10.1 Å². The number of aliphatic hydroxyl groups excluding tert-OH is 1. The molecule has 0 spiro atoms. The highest BCUT2D eigenvalue weighted by atomic mass is 79.9. The molecule has 0 aliphatic rings. The van der Waals surface area contributed by atoms with Gasteiger partial charge in [0.05, 0.1) is 17.2 Å². The summed E-state index contributed by atoms with van der Waals surface area (Å²) in [5.41, 5.74) is 1.96. The van der Waals surface area contributed by atoms with Crippen LogP contribution in [0.4, 0.5) is 0 Å². The molecule has 2 N–H and O–H groups in total. The molecular formula is C17H19Br2NO2. The molecule has 22 heavy (non-hydrogen) atoms. The molecule has 0 radical (unpaired) electrons. The Kier molecular flexibility index (Phi) is 6.89. The number of halogens is 2. The summed E-state index contributed by atoms with van der Waals surface area (Å²) >= 11 is 7.02. The summed E-state index contributed by atoms with van der Waals surface area (Å²) in [5, 5.41) is 13.4. The first-order valence-corrected chi connectivity index (χ1v) is 8.75. The Bertz CT molecular complexity index is 605. The predicted octanol–water partition coefficient (Wildman–Crippen LogP) is 4.43. The number of benzene rings is 2. The van der Waals surface area contributed by atoms with E-state index in [0.29, 0.717) is 19.7 Å². The summed E-state index contributed by atoms with van der Waals surface area (Å²) in [4.78, 5) is 0. The van der Waals surface area contributed by atoms with Crippen molar-refractivity contribution in [3.63, 3.8) is 0 Å². The Morgan fingerprint density at radius 3 is 2.59 bits per heavy atom. The maximum Gasteiger partial charge on any atom is 0.138 e. The van der Waals surface area contributed by atoms with Crippen LogP contribution in [0.2, 0.25) is 0 Å². The van der Waals surface area contributed by atoms with Gasteiger partial charge in [0, 0.05) is 23.1 Å². The summed E-state index contributed by atoms with van der Waals surface area (Å²) in [6, 6.07) is 13.6. The molecule has 3 nitrogen and oxygen atoms in total. The lowest BCUT2D eigenvalue weighted by Gasteiger charge is -2.16. The van der Waals surface area contributed by atoms with Crippen LogP contribution in [0, 0.1) is 0 Å². The van der Waals surface area contributed by atoms with Crippen molar-refractivity contribution in [2.75, 3.05) is 13.2 Å².